The number of carbonyl (C=O) groups excluding carboxylic acids is 1. The first-order valence-electron chi connectivity index (χ1n) is 8.31. The SMILES string of the molecule is C=C[C@H]1[C@H](CCCCC)N(C(C)(C)C)C(=O)N1C(C)(C)C. The molecule has 0 N–H and O–H groups in total. The highest BCUT2D eigenvalue weighted by molar-refractivity contribution is 5.80. The molecule has 0 saturated carbocycles. The molecule has 21 heavy (non-hydrogen) atoms. The second kappa shape index (κ2) is 6.41. The maximum atomic E-state index is 13.0. The van der Waals surface area contributed by atoms with E-state index in [-0.39, 0.29) is 29.2 Å². The summed E-state index contributed by atoms with van der Waals surface area (Å²) in [6.45, 7) is 18.9. The Bertz CT molecular complexity index is 376. The van der Waals surface area contributed by atoms with Crippen molar-refractivity contribution >= 4 is 6.03 Å². The zero-order chi connectivity index (χ0) is 16.4. The zero-order valence-corrected chi connectivity index (χ0v) is 15.1. The van der Waals surface area contributed by atoms with Crippen LogP contribution in [0.5, 0.6) is 0 Å². The minimum absolute atomic E-state index is 0.105. The van der Waals surface area contributed by atoms with Gasteiger partial charge in [-0.15, -0.1) is 6.58 Å². The lowest BCUT2D eigenvalue weighted by Crippen LogP contribution is -2.50. The number of unbranched alkanes of at least 4 members (excludes halogenated alkanes) is 2. The second-order valence-electron chi connectivity index (χ2n) is 8.15. The fourth-order valence-electron chi connectivity index (χ4n) is 3.39. The van der Waals surface area contributed by atoms with Crippen molar-refractivity contribution < 1.29 is 4.79 Å². The molecule has 0 aromatic rings. The van der Waals surface area contributed by atoms with Crippen LogP contribution in [-0.4, -0.2) is 39.0 Å². The quantitative estimate of drug-likeness (QED) is 0.526. The summed E-state index contributed by atoms with van der Waals surface area (Å²) in [4.78, 5) is 17.1. The summed E-state index contributed by atoms with van der Waals surface area (Å²) in [5.41, 5.74) is -0.339. The van der Waals surface area contributed by atoms with E-state index in [4.69, 9.17) is 0 Å². The van der Waals surface area contributed by atoms with Gasteiger partial charge in [-0.25, -0.2) is 4.79 Å². The number of urea groups is 1. The van der Waals surface area contributed by atoms with Crippen molar-refractivity contribution in [2.45, 2.75) is 97.3 Å². The third kappa shape index (κ3) is 3.81. The molecule has 0 aliphatic carbocycles. The highest BCUT2D eigenvalue weighted by Gasteiger charge is 2.51. The number of carbonyl (C=O) groups is 1. The highest BCUT2D eigenvalue weighted by Crippen LogP contribution is 2.37. The average molecular weight is 294 g/mol. The van der Waals surface area contributed by atoms with Crippen LogP contribution in [0.1, 0.15) is 74.1 Å². The van der Waals surface area contributed by atoms with E-state index in [1.165, 1.54) is 19.3 Å². The number of amides is 2. The Morgan fingerprint density at radius 1 is 1.05 bits per heavy atom. The number of hydrogen-bond donors (Lipinski definition) is 0. The Balaban J connectivity index is 3.14. The Hall–Kier alpha value is -0.990. The Kier molecular flexibility index (Phi) is 5.51. The molecule has 2 atom stereocenters. The molecule has 1 fully saturated rings. The summed E-state index contributed by atoms with van der Waals surface area (Å²) in [6, 6.07) is 0.496. The van der Waals surface area contributed by atoms with Crippen LogP contribution in [-0.2, 0) is 0 Å². The molecular formula is C18H34N2O. The van der Waals surface area contributed by atoms with Gasteiger partial charge in [0.25, 0.3) is 0 Å². The minimum Gasteiger partial charge on any atom is -0.314 e. The van der Waals surface area contributed by atoms with Crippen molar-refractivity contribution in [1.82, 2.24) is 9.80 Å². The maximum Gasteiger partial charge on any atom is 0.321 e. The third-order valence-electron chi connectivity index (χ3n) is 4.23. The maximum absolute atomic E-state index is 13.0. The van der Waals surface area contributed by atoms with E-state index < -0.39 is 0 Å². The summed E-state index contributed by atoms with van der Waals surface area (Å²) in [6.07, 6.45) is 6.62. The molecule has 0 spiro atoms. The zero-order valence-electron chi connectivity index (χ0n) is 15.1. The van der Waals surface area contributed by atoms with Crippen molar-refractivity contribution in [2.75, 3.05) is 0 Å². The van der Waals surface area contributed by atoms with Crippen LogP contribution >= 0.6 is 0 Å². The molecule has 3 nitrogen and oxygen atoms in total. The van der Waals surface area contributed by atoms with Gasteiger partial charge in [-0.05, 0) is 48.0 Å². The lowest BCUT2D eigenvalue weighted by Gasteiger charge is -2.37. The lowest BCUT2D eigenvalue weighted by atomic mass is 9.95. The van der Waals surface area contributed by atoms with Gasteiger partial charge in [-0.1, -0.05) is 32.3 Å². The van der Waals surface area contributed by atoms with Gasteiger partial charge in [-0.2, -0.15) is 0 Å². The fraction of sp³-hybridized carbons (Fsp3) is 0.833. The van der Waals surface area contributed by atoms with Crippen LogP contribution in [0, 0.1) is 0 Å². The molecule has 0 aromatic heterocycles. The van der Waals surface area contributed by atoms with E-state index in [1.54, 1.807) is 0 Å². The molecule has 0 radical (unpaired) electrons. The molecule has 0 aromatic carbocycles. The highest BCUT2D eigenvalue weighted by atomic mass is 16.2. The molecule has 1 rings (SSSR count). The lowest BCUT2D eigenvalue weighted by molar-refractivity contribution is 0.121. The molecule has 0 bridgehead atoms. The van der Waals surface area contributed by atoms with E-state index in [9.17, 15) is 4.79 Å². The summed E-state index contributed by atoms with van der Waals surface area (Å²) >= 11 is 0. The molecule has 2 amide bonds. The van der Waals surface area contributed by atoms with Crippen molar-refractivity contribution in [3.05, 3.63) is 12.7 Å². The first-order valence-corrected chi connectivity index (χ1v) is 8.31. The third-order valence-corrected chi connectivity index (χ3v) is 4.23. The van der Waals surface area contributed by atoms with Crippen LogP contribution in [0.25, 0.3) is 0 Å². The van der Waals surface area contributed by atoms with E-state index in [2.05, 4.69) is 59.9 Å². The van der Waals surface area contributed by atoms with Crippen LogP contribution in [0.4, 0.5) is 4.79 Å². The van der Waals surface area contributed by atoms with E-state index in [0.717, 1.165) is 6.42 Å². The molecule has 1 heterocycles. The predicted octanol–water partition coefficient (Wildman–Crippen LogP) is 4.82. The molecule has 1 saturated heterocycles. The molecule has 1 aliphatic rings. The fourth-order valence-corrected chi connectivity index (χ4v) is 3.39. The molecule has 122 valence electrons. The summed E-state index contributed by atoms with van der Waals surface area (Å²) in [5.74, 6) is 0. The molecule has 0 unspecified atom stereocenters. The largest absolute Gasteiger partial charge is 0.321 e. The topological polar surface area (TPSA) is 23.6 Å². The van der Waals surface area contributed by atoms with Gasteiger partial charge in [0.1, 0.15) is 0 Å². The number of nitrogens with zero attached hydrogens (tertiary/aromatic N) is 2. The number of rotatable bonds is 5. The normalized spacial score (nSPS) is 23.9. The summed E-state index contributed by atoms with van der Waals surface area (Å²) < 4.78 is 0. The first-order chi connectivity index (χ1) is 9.55. The average Bonchev–Trinajstić information content (AvgIpc) is 2.60. The number of hydrogen-bond acceptors (Lipinski definition) is 1. The summed E-state index contributed by atoms with van der Waals surface area (Å²) in [7, 11) is 0. The van der Waals surface area contributed by atoms with Crippen LogP contribution in [0.15, 0.2) is 12.7 Å². The van der Waals surface area contributed by atoms with Gasteiger partial charge >= 0.3 is 6.03 Å². The van der Waals surface area contributed by atoms with Gasteiger partial charge in [-0.3, -0.25) is 0 Å². The van der Waals surface area contributed by atoms with Gasteiger partial charge in [0, 0.05) is 11.1 Å². The molecule has 1 aliphatic heterocycles. The Labute approximate surface area is 131 Å². The van der Waals surface area contributed by atoms with Gasteiger partial charge in [0.2, 0.25) is 0 Å². The van der Waals surface area contributed by atoms with Crippen LogP contribution in [0.3, 0.4) is 0 Å². The summed E-state index contributed by atoms with van der Waals surface area (Å²) in [5, 5.41) is 0. The van der Waals surface area contributed by atoms with Crippen LogP contribution in [0.2, 0.25) is 0 Å². The van der Waals surface area contributed by atoms with E-state index in [0.29, 0.717) is 0 Å². The predicted molar refractivity (Wildman–Crippen MR) is 90.5 cm³/mol. The van der Waals surface area contributed by atoms with E-state index >= 15 is 0 Å². The van der Waals surface area contributed by atoms with Gasteiger partial charge < -0.3 is 9.80 Å². The Morgan fingerprint density at radius 2 is 1.57 bits per heavy atom. The standard InChI is InChI=1S/C18H34N2O/c1-9-11-12-13-15-14(10-2)19(17(3,4)5)16(21)20(15)18(6,7)8/h10,14-15H,2,9,11-13H2,1,3-8H3/t14-,15-/m0/s1. The Morgan fingerprint density at radius 3 is 1.95 bits per heavy atom. The van der Waals surface area contributed by atoms with Crippen molar-refractivity contribution in [2.24, 2.45) is 0 Å². The van der Waals surface area contributed by atoms with Gasteiger partial charge in [0.15, 0.2) is 0 Å². The van der Waals surface area contributed by atoms with Crippen molar-refractivity contribution in [1.29, 1.82) is 0 Å². The molecule has 3 heteroatoms. The van der Waals surface area contributed by atoms with Gasteiger partial charge in [0.05, 0.1) is 12.1 Å². The van der Waals surface area contributed by atoms with Crippen molar-refractivity contribution in [3.63, 3.8) is 0 Å². The molecular weight excluding hydrogens is 260 g/mol. The first kappa shape index (κ1) is 18.1. The van der Waals surface area contributed by atoms with Crippen molar-refractivity contribution in [3.8, 4) is 0 Å². The second-order valence-corrected chi connectivity index (χ2v) is 8.15. The smallest absolute Gasteiger partial charge is 0.314 e. The minimum atomic E-state index is -0.182. The van der Waals surface area contributed by atoms with E-state index in [1.807, 2.05) is 11.0 Å². The van der Waals surface area contributed by atoms with Crippen LogP contribution < -0.4 is 0 Å². The monoisotopic (exact) mass is 294 g/mol.